The lowest BCUT2D eigenvalue weighted by atomic mass is 10.1. The van der Waals surface area contributed by atoms with Crippen molar-refractivity contribution in [1.82, 2.24) is 5.43 Å². The molecule has 0 aliphatic rings. The number of hydrogen-bond donors (Lipinski definition) is 3. The van der Waals surface area contributed by atoms with Gasteiger partial charge in [-0.25, -0.2) is 5.43 Å². The summed E-state index contributed by atoms with van der Waals surface area (Å²) in [5.41, 5.74) is 4.13. The first-order valence-electron chi connectivity index (χ1n) is 8.36. The van der Waals surface area contributed by atoms with E-state index in [9.17, 15) is 24.8 Å². The number of phenols is 1. The predicted molar refractivity (Wildman–Crippen MR) is 104 cm³/mol. The van der Waals surface area contributed by atoms with Crippen molar-refractivity contribution in [2.45, 2.75) is 27.2 Å². The number of nitro groups is 1. The van der Waals surface area contributed by atoms with Gasteiger partial charge in [0.05, 0.1) is 22.6 Å². The Morgan fingerprint density at radius 1 is 1.18 bits per heavy atom. The van der Waals surface area contributed by atoms with Crippen molar-refractivity contribution in [3.63, 3.8) is 0 Å². The summed E-state index contributed by atoms with van der Waals surface area (Å²) in [6.45, 7) is 4.94. The Hall–Kier alpha value is -3.75. The first-order valence-corrected chi connectivity index (χ1v) is 8.36. The van der Waals surface area contributed by atoms with Crippen LogP contribution < -0.4 is 10.7 Å². The van der Waals surface area contributed by atoms with Crippen LogP contribution in [0.2, 0.25) is 0 Å². The van der Waals surface area contributed by atoms with Gasteiger partial charge in [0.15, 0.2) is 0 Å². The number of aryl methyl sites for hydroxylation is 2. The average Bonchev–Trinajstić information content (AvgIpc) is 2.63. The largest absolute Gasteiger partial charge is 0.507 e. The van der Waals surface area contributed by atoms with E-state index in [4.69, 9.17) is 0 Å². The Kier molecular flexibility index (Phi) is 6.43. The number of hydrazone groups is 1. The molecule has 0 fully saturated rings. The highest BCUT2D eigenvalue weighted by atomic mass is 16.6. The van der Waals surface area contributed by atoms with E-state index in [0.717, 1.165) is 0 Å². The number of anilines is 1. The van der Waals surface area contributed by atoms with Gasteiger partial charge >= 0.3 is 0 Å². The third-order valence-electron chi connectivity index (χ3n) is 3.95. The third kappa shape index (κ3) is 5.13. The van der Waals surface area contributed by atoms with Crippen molar-refractivity contribution >= 4 is 28.9 Å². The molecule has 0 aliphatic carbocycles. The normalized spacial score (nSPS) is 11.0. The number of aromatic hydroxyl groups is 1. The van der Waals surface area contributed by atoms with Crippen molar-refractivity contribution in [3.8, 4) is 5.75 Å². The Balaban J connectivity index is 2.00. The minimum atomic E-state index is -0.601. The molecule has 9 heteroatoms. The van der Waals surface area contributed by atoms with Gasteiger partial charge in [-0.3, -0.25) is 19.7 Å². The molecule has 2 amide bonds. The predicted octanol–water partition coefficient (Wildman–Crippen LogP) is 3.05. The molecule has 0 aliphatic heterocycles. The Morgan fingerprint density at radius 2 is 1.89 bits per heavy atom. The number of nitrogens with zero attached hydrogens (tertiary/aromatic N) is 2. The highest BCUT2D eigenvalue weighted by molar-refractivity contribution is 6.06. The summed E-state index contributed by atoms with van der Waals surface area (Å²) in [5, 5.41) is 27.2. The van der Waals surface area contributed by atoms with Crippen molar-refractivity contribution in [2.75, 3.05) is 5.32 Å². The number of carbonyl (C=O) groups is 2. The van der Waals surface area contributed by atoms with Gasteiger partial charge in [0.25, 0.3) is 11.6 Å². The molecule has 9 nitrogen and oxygen atoms in total. The van der Waals surface area contributed by atoms with E-state index in [1.54, 1.807) is 39.0 Å². The summed E-state index contributed by atoms with van der Waals surface area (Å²) in [6, 6.07) is 8.94. The standard InChI is InChI=1S/C19H20N4O5/c1-11-7-8-14(23(27)28)10-16(11)20-17(24)9-13(3)21-22-19(26)15-6-4-5-12(2)18(15)25/h4-8,10,25H,9H2,1-3H3,(H,20,24)(H,22,26). The number of phenolic OH excluding ortho intramolecular Hbond substituents is 1. The van der Waals surface area contributed by atoms with Crippen LogP contribution in [0.4, 0.5) is 11.4 Å². The fourth-order valence-electron chi connectivity index (χ4n) is 2.37. The maximum absolute atomic E-state index is 12.2. The molecule has 146 valence electrons. The Bertz CT molecular complexity index is 969. The van der Waals surface area contributed by atoms with Gasteiger partial charge in [-0.2, -0.15) is 5.10 Å². The van der Waals surface area contributed by atoms with Gasteiger partial charge in [-0.05, 0) is 38.0 Å². The molecule has 0 radical (unpaired) electrons. The summed E-state index contributed by atoms with van der Waals surface area (Å²) in [7, 11) is 0. The smallest absolute Gasteiger partial charge is 0.275 e. The van der Waals surface area contributed by atoms with E-state index in [1.807, 2.05) is 0 Å². The second kappa shape index (κ2) is 8.76. The van der Waals surface area contributed by atoms with Crippen molar-refractivity contribution in [1.29, 1.82) is 0 Å². The van der Waals surface area contributed by atoms with E-state index in [-0.39, 0.29) is 23.4 Å². The number of non-ortho nitro benzene ring substituents is 1. The van der Waals surface area contributed by atoms with Crippen LogP contribution in [0.3, 0.4) is 0 Å². The topological polar surface area (TPSA) is 134 Å². The number of carbonyl (C=O) groups excluding carboxylic acids is 2. The molecule has 0 spiro atoms. The van der Waals surface area contributed by atoms with E-state index in [1.165, 1.54) is 18.2 Å². The van der Waals surface area contributed by atoms with Gasteiger partial charge in [0.1, 0.15) is 5.75 Å². The average molecular weight is 384 g/mol. The number of nitro benzene ring substituents is 1. The summed E-state index contributed by atoms with van der Waals surface area (Å²) in [5.74, 6) is -1.17. The van der Waals surface area contributed by atoms with Crippen molar-refractivity contribution in [2.24, 2.45) is 5.10 Å². The van der Waals surface area contributed by atoms with Crippen LogP contribution in [0, 0.1) is 24.0 Å². The lowest BCUT2D eigenvalue weighted by molar-refractivity contribution is -0.384. The lowest BCUT2D eigenvalue weighted by Gasteiger charge is -2.09. The van der Waals surface area contributed by atoms with Gasteiger partial charge in [0.2, 0.25) is 5.91 Å². The molecule has 0 bridgehead atoms. The SMILES string of the molecule is CC(CC(=O)Nc1cc([N+](=O)[O-])ccc1C)=NNC(=O)c1cccc(C)c1O. The molecule has 2 rings (SSSR count). The molecular weight excluding hydrogens is 364 g/mol. The fourth-order valence-corrected chi connectivity index (χ4v) is 2.37. The minimum absolute atomic E-state index is 0.0771. The molecule has 0 saturated carbocycles. The van der Waals surface area contributed by atoms with Crippen molar-refractivity contribution < 1.29 is 19.6 Å². The summed E-state index contributed by atoms with van der Waals surface area (Å²) >= 11 is 0. The maximum Gasteiger partial charge on any atom is 0.275 e. The highest BCUT2D eigenvalue weighted by Crippen LogP contribution is 2.22. The van der Waals surface area contributed by atoms with E-state index < -0.39 is 16.7 Å². The van der Waals surface area contributed by atoms with Gasteiger partial charge < -0.3 is 10.4 Å². The second-order valence-corrected chi connectivity index (χ2v) is 6.24. The van der Waals surface area contributed by atoms with Crippen LogP contribution in [0.5, 0.6) is 5.75 Å². The molecule has 0 atom stereocenters. The number of hydrogen-bond acceptors (Lipinski definition) is 6. The number of rotatable bonds is 6. The number of benzene rings is 2. The highest BCUT2D eigenvalue weighted by Gasteiger charge is 2.14. The minimum Gasteiger partial charge on any atom is -0.507 e. The molecule has 0 heterocycles. The number of nitrogens with one attached hydrogen (secondary N) is 2. The summed E-state index contributed by atoms with van der Waals surface area (Å²) in [4.78, 5) is 34.6. The Labute approximate surface area is 161 Å². The third-order valence-corrected chi connectivity index (χ3v) is 3.95. The quantitative estimate of drug-likeness (QED) is 0.400. The molecule has 0 saturated heterocycles. The van der Waals surface area contributed by atoms with Crippen LogP contribution in [0.15, 0.2) is 41.5 Å². The maximum atomic E-state index is 12.2. The molecule has 3 N–H and O–H groups in total. The molecule has 2 aromatic rings. The van der Waals surface area contributed by atoms with Gasteiger partial charge in [-0.15, -0.1) is 0 Å². The van der Waals surface area contributed by atoms with E-state index in [2.05, 4.69) is 15.8 Å². The molecule has 0 unspecified atom stereocenters. The summed E-state index contributed by atoms with van der Waals surface area (Å²) in [6.07, 6.45) is -0.123. The van der Waals surface area contributed by atoms with Crippen LogP contribution in [0.25, 0.3) is 0 Å². The molecular formula is C19H20N4O5. The monoisotopic (exact) mass is 384 g/mol. The van der Waals surface area contributed by atoms with E-state index in [0.29, 0.717) is 22.5 Å². The molecule has 28 heavy (non-hydrogen) atoms. The van der Waals surface area contributed by atoms with Crippen LogP contribution in [-0.2, 0) is 4.79 Å². The fraction of sp³-hybridized carbons (Fsp3) is 0.211. The van der Waals surface area contributed by atoms with Crippen LogP contribution in [-0.4, -0.2) is 27.6 Å². The molecule has 0 aromatic heterocycles. The van der Waals surface area contributed by atoms with Crippen molar-refractivity contribution in [3.05, 3.63) is 63.2 Å². The van der Waals surface area contributed by atoms with Gasteiger partial charge in [-0.1, -0.05) is 18.2 Å². The zero-order valence-electron chi connectivity index (χ0n) is 15.6. The first kappa shape index (κ1) is 20.6. The zero-order chi connectivity index (χ0) is 20.8. The lowest BCUT2D eigenvalue weighted by Crippen LogP contribution is -2.22. The summed E-state index contributed by atoms with van der Waals surface area (Å²) < 4.78 is 0. The number of para-hydroxylation sites is 1. The van der Waals surface area contributed by atoms with Crippen LogP contribution >= 0.6 is 0 Å². The first-order chi connectivity index (χ1) is 13.2. The van der Waals surface area contributed by atoms with Crippen LogP contribution in [0.1, 0.15) is 34.8 Å². The zero-order valence-corrected chi connectivity index (χ0v) is 15.6. The Morgan fingerprint density at radius 3 is 2.57 bits per heavy atom. The van der Waals surface area contributed by atoms with E-state index >= 15 is 0 Å². The van der Waals surface area contributed by atoms with Gasteiger partial charge in [0, 0.05) is 17.8 Å². The number of amides is 2. The molecule has 2 aromatic carbocycles. The second-order valence-electron chi connectivity index (χ2n) is 6.24.